The first-order chi connectivity index (χ1) is 12.8. The van der Waals surface area contributed by atoms with Crippen LogP contribution in [-0.4, -0.2) is 52.9 Å². The van der Waals surface area contributed by atoms with Crippen LogP contribution in [0.1, 0.15) is 18.5 Å². The quantitative estimate of drug-likeness (QED) is 0.608. The number of nitro groups is 1. The van der Waals surface area contributed by atoms with E-state index in [4.69, 9.17) is 0 Å². The van der Waals surface area contributed by atoms with Crippen molar-refractivity contribution < 1.29 is 9.72 Å². The summed E-state index contributed by atoms with van der Waals surface area (Å²) < 4.78 is 0. The second-order valence-electron chi connectivity index (χ2n) is 6.99. The number of anilines is 1. The first-order valence-corrected chi connectivity index (χ1v) is 8.92. The average Bonchev–Trinajstić information content (AvgIpc) is 2.67. The van der Waals surface area contributed by atoms with Gasteiger partial charge in [0.1, 0.15) is 5.82 Å². The standard InChI is InChI=1S/C19H23N5O3/c1-13-11-17(23-9-7-14(8-10-23)19(25)22(2)3)21-18(20-13)15-5-4-6-16(12-15)24(26)27/h4-6,11-12,14H,7-10H2,1-3H3. The summed E-state index contributed by atoms with van der Waals surface area (Å²) in [5, 5.41) is 11.0. The lowest BCUT2D eigenvalue weighted by molar-refractivity contribution is -0.384. The van der Waals surface area contributed by atoms with Crippen LogP contribution in [0.2, 0.25) is 0 Å². The zero-order chi connectivity index (χ0) is 19.6. The Morgan fingerprint density at radius 2 is 1.93 bits per heavy atom. The van der Waals surface area contributed by atoms with E-state index in [-0.39, 0.29) is 17.5 Å². The van der Waals surface area contributed by atoms with Gasteiger partial charge in [-0.3, -0.25) is 14.9 Å². The number of nitrogens with zero attached hydrogens (tertiary/aromatic N) is 5. The maximum absolute atomic E-state index is 12.1. The van der Waals surface area contributed by atoms with E-state index in [1.165, 1.54) is 12.1 Å². The predicted molar refractivity (Wildman–Crippen MR) is 102 cm³/mol. The summed E-state index contributed by atoms with van der Waals surface area (Å²) in [6.45, 7) is 3.37. The van der Waals surface area contributed by atoms with E-state index in [2.05, 4.69) is 14.9 Å². The summed E-state index contributed by atoms with van der Waals surface area (Å²) in [5.41, 5.74) is 1.43. The molecule has 27 heavy (non-hydrogen) atoms. The Kier molecular flexibility index (Phi) is 5.34. The Hall–Kier alpha value is -3.03. The molecule has 0 saturated carbocycles. The van der Waals surface area contributed by atoms with E-state index >= 15 is 0 Å². The van der Waals surface area contributed by atoms with Crippen LogP contribution in [0.25, 0.3) is 11.4 Å². The second kappa shape index (κ2) is 7.69. The number of carbonyl (C=O) groups is 1. The number of aromatic nitrogens is 2. The number of hydrogen-bond donors (Lipinski definition) is 0. The van der Waals surface area contributed by atoms with Crippen molar-refractivity contribution in [1.29, 1.82) is 0 Å². The molecule has 0 unspecified atom stereocenters. The lowest BCUT2D eigenvalue weighted by Crippen LogP contribution is -2.40. The Morgan fingerprint density at radius 1 is 1.22 bits per heavy atom. The van der Waals surface area contributed by atoms with Gasteiger partial charge in [-0.05, 0) is 19.8 Å². The highest BCUT2D eigenvalue weighted by molar-refractivity contribution is 5.78. The Labute approximate surface area is 158 Å². The van der Waals surface area contributed by atoms with Crippen molar-refractivity contribution in [2.45, 2.75) is 19.8 Å². The Bertz CT molecular complexity index is 860. The third-order valence-corrected chi connectivity index (χ3v) is 4.76. The summed E-state index contributed by atoms with van der Waals surface area (Å²) >= 11 is 0. The highest BCUT2D eigenvalue weighted by Crippen LogP contribution is 2.27. The van der Waals surface area contributed by atoms with Gasteiger partial charge in [-0.1, -0.05) is 12.1 Å². The second-order valence-corrected chi connectivity index (χ2v) is 6.99. The fraction of sp³-hybridized carbons (Fsp3) is 0.421. The molecule has 142 valence electrons. The lowest BCUT2D eigenvalue weighted by Gasteiger charge is -2.33. The molecule has 0 spiro atoms. The molecular weight excluding hydrogens is 346 g/mol. The van der Waals surface area contributed by atoms with Crippen molar-refractivity contribution in [1.82, 2.24) is 14.9 Å². The molecule has 0 radical (unpaired) electrons. The highest BCUT2D eigenvalue weighted by Gasteiger charge is 2.27. The number of piperidine rings is 1. The summed E-state index contributed by atoms with van der Waals surface area (Å²) in [7, 11) is 3.57. The molecule has 0 N–H and O–H groups in total. The minimum absolute atomic E-state index is 0.0159. The first kappa shape index (κ1) is 18.8. The number of carbonyl (C=O) groups excluding carboxylic acids is 1. The number of nitro benzene ring substituents is 1. The minimum atomic E-state index is -0.424. The van der Waals surface area contributed by atoms with Crippen molar-refractivity contribution in [2.24, 2.45) is 5.92 Å². The van der Waals surface area contributed by atoms with Crippen LogP contribution in [0.3, 0.4) is 0 Å². The summed E-state index contributed by atoms with van der Waals surface area (Å²) in [5.74, 6) is 1.49. The van der Waals surface area contributed by atoms with Gasteiger partial charge in [-0.2, -0.15) is 0 Å². The van der Waals surface area contributed by atoms with Crippen LogP contribution >= 0.6 is 0 Å². The third-order valence-electron chi connectivity index (χ3n) is 4.76. The third kappa shape index (κ3) is 4.21. The molecule has 0 bridgehead atoms. The number of rotatable bonds is 4. The smallest absolute Gasteiger partial charge is 0.270 e. The van der Waals surface area contributed by atoms with Gasteiger partial charge in [0.15, 0.2) is 5.82 Å². The van der Waals surface area contributed by atoms with Crippen molar-refractivity contribution in [3.05, 3.63) is 46.1 Å². The van der Waals surface area contributed by atoms with E-state index < -0.39 is 4.92 Å². The molecule has 1 aromatic heterocycles. The predicted octanol–water partition coefficient (Wildman–Crippen LogP) is 2.66. The zero-order valence-corrected chi connectivity index (χ0v) is 15.8. The van der Waals surface area contributed by atoms with Crippen LogP contribution in [0.5, 0.6) is 0 Å². The molecule has 1 fully saturated rings. The van der Waals surface area contributed by atoms with Crippen LogP contribution in [0.4, 0.5) is 11.5 Å². The zero-order valence-electron chi connectivity index (χ0n) is 15.8. The molecule has 8 nitrogen and oxygen atoms in total. The van der Waals surface area contributed by atoms with Crippen molar-refractivity contribution >= 4 is 17.4 Å². The topological polar surface area (TPSA) is 92.5 Å². The van der Waals surface area contributed by atoms with Crippen molar-refractivity contribution in [3.8, 4) is 11.4 Å². The molecule has 1 saturated heterocycles. The highest BCUT2D eigenvalue weighted by atomic mass is 16.6. The number of aryl methyl sites for hydroxylation is 1. The average molecular weight is 369 g/mol. The molecule has 0 aliphatic carbocycles. The van der Waals surface area contributed by atoms with E-state index in [0.717, 1.165) is 37.4 Å². The fourth-order valence-corrected chi connectivity index (χ4v) is 3.32. The van der Waals surface area contributed by atoms with Gasteiger partial charge in [0.2, 0.25) is 5.91 Å². The molecule has 1 aromatic carbocycles. The Balaban J connectivity index is 1.82. The van der Waals surface area contributed by atoms with Crippen molar-refractivity contribution in [2.75, 3.05) is 32.1 Å². The largest absolute Gasteiger partial charge is 0.356 e. The van der Waals surface area contributed by atoms with Crippen molar-refractivity contribution in [3.63, 3.8) is 0 Å². The van der Waals surface area contributed by atoms with Gasteiger partial charge in [0.25, 0.3) is 5.69 Å². The molecule has 8 heteroatoms. The van der Waals surface area contributed by atoms with Gasteiger partial charge in [0.05, 0.1) is 4.92 Å². The monoisotopic (exact) mass is 369 g/mol. The van der Waals surface area contributed by atoms with Crippen LogP contribution in [0.15, 0.2) is 30.3 Å². The Morgan fingerprint density at radius 3 is 2.56 bits per heavy atom. The van der Waals surface area contributed by atoms with Gasteiger partial charge in [-0.15, -0.1) is 0 Å². The number of hydrogen-bond acceptors (Lipinski definition) is 6. The van der Waals surface area contributed by atoms with Crippen LogP contribution in [-0.2, 0) is 4.79 Å². The maximum Gasteiger partial charge on any atom is 0.270 e. The van der Waals surface area contributed by atoms with Gasteiger partial charge >= 0.3 is 0 Å². The molecule has 2 aromatic rings. The number of non-ortho nitro benzene ring substituents is 1. The van der Waals surface area contributed by atoms with E-state index in [0.29, 0.717) is 11.4 Å². The molecule has 3 rings (SSSR count). The number of amides is 1. The van der Waals surface area contributed by atoms with Gasteiger partial charge in [-0.25, -0.2) is 9.97 Å². The minimum Gasteiger partial charge on any atom is -0.356 e. The van der Waals surface area contributed by atoms with Gasteiger partial charge < -0.3 is 9.80 Å². The fourth-order valence-electron chi connectivity index (χ4n) is 3.32. The molecule has 1 aliphatic rings. The lowest BCUT2D eigenvalue weighted by atomic mass is 9.95. The van der Waals surface area contributed by atoms with E-state index in [1.807, 2.05) is 13.0 Å². The number of benzene rings is 1. The van der Waals surface area contributed by atoms with Crippen LogP contribution < -0.4 is 4.90 Å². The molecule has 0 atom stereocenters. The van der Waals surface area contributed by atoms with Crippen LogP contribution in [0, 0.1) is 23.0 Å². The summed E-state index contributed by atoms with van der Waals surface area (Å²) in [4.78, 5) is 35.6. The molecule has 1 amide bonds. The first-order valence-electron chi connectivity index (χ1n) is 8.92. The summed E-state index contributed by atoms with van der Waals surface area (Å²) in [6.07, 6.45) is 1.57. The SMILES string of the molecule is Cc1cc(N2CCC(C(=O)N(C)C)CC2)nc(-c2cccc([N+](=O)[O-])c2)n1. The summed E-state index contributed by atoms with van der Waals surface area (Å²) in [6, 6.07) is 8.26. The maximum atomic E-state index is 12.1. The normalized spacial score (nSPS) is 14.9. The molecule has 2 heterocycles. The molecule has 1 aliphatic heterocycles. The van der Waals surface area contributed by atoms with Gasteiger partial charge in [0, 0.05) is 62.6 Å². The van der Waals surface area contributed by atoms with E-state index in [9.17, 15) is 14.9 Å². The molecular formula is C19H23N5O3. The van der Waals surface area contributed by atoms with E-state index in [1.54, 1.807) is 31.1 Å².